The molecule has 1 N–H and O–H groups in total. The number of halogens is 1. The van der Waals surface area contributed by atoms with Gasteiger partial charge in [-0.3, -0.25) is 9.59 Å². The van der Waals surface area contributed by atoms with Crippen molar-refractivity contribution < 1.29 is 9.59 Å². The summed E-state index contributed by atoms with van der Waals surface area (Å²) < 4.78 is 0.968. The number of rotatable bonds is 9. The first-order chi connectivity index (χ1) is 15.0. The van der Waals surface area contributed by atoms with Crippen LogP contribution in [0.25, 0.3) is 0 Å². The summed E-state index contributed by atoms with van der Waals surface area (Å²) in [5, 5.41) is 3.18. The Labute approximate surface area is 198 Å². The zero-order valence-electron chi connectivity index (χ0n) is 18.1. The molecule has 0 saturated heterocycles. The van der Waals surface area contributed by atoms with E-state index < -0.39 is 6.04 Å². The molecule has 0 bridgehead atoms. The summed E-state index contributed by atoms with van der Waals surface area (Å²) in [5.41, 5.74) is 2.20. The number of thioether (sulfide) groups is 1. The molecule has 0 heterocycles. The van der Waals surface area contributed by atoms with Crippen LogP contribution in [0.2, 0.25) is 0 Å². The van der Waals surface area contributed by atoms with Gasteiger partial charge in [0.05, 0.1) is 5.75 Å². The maximum Gasteiger partial charge on any atom is 0.242 e. The fourth-order valence-electron chi connectivity index (χ4n) is 3.90. The van der Waals surface area contributed by atoms with Gasteiger partial charge in [0.15, 0.2) is 0 Å². The molecule has 0 radical (unpaired) electrons. The van der Waals surface area contributed by atoms with Crippen LogP contribution in [-0.4, -0.2) is 34.6 Å². The summed E-state index contributed by atoms with van der Waals surface area (Å²) >= 11 is 5.09. The van der Waals surface area contributed by atoms with Crippen LogP contribution in [0.1, 0.15) is 50.2 Å². The second-order valence-corrected chi connectivity index (χ2v) is 10.1. The Morgan fingerprint density at radius 1 is 1.06 bits per heavy atom. The van der Waals surface area contributed by atoms with Crippen molar-refractivity contribution >= 4 is 39.5 Å². The van der Waals surface area contributed by atoms with Crippen molar-refractivity contribution in [3.63, 3.8) is 0 Å². The standard InChI is InChI=1S/C25H31BrN2O2S/c1-19(25(30)27-23-13-6-3-7-14-23)28(16-21-11-8-12-22(26)15-21)24(29)18-31-17-20-9-4-2-5-10-20/h2,4-5,8-12,15,19,23H,3,6-7,13-14,16-18H2,1H3,(H,27,30)/t19-/m0/s1. The fourth-order valence-corrected chi connectivity index (χ4v) is 5.21. The van der Waals surface area contributed by atoms with E-state index >= 15 is 0 Å². The first kappa shape index (κ1) is 23.9. The van der Waals surface area contributed by atoms with Crippen molar-refractivity contribution in [3.8, 4) is 0 Å². The molecule has 1 saturated carbocycles. The molecule has 1 atom stereocenters. The molecule has 31 heavy (non-hydrogen) atoms. The first-order valence-corrected chi connectivity index (χ1v) is 12.9. The summed E-state index contributed by atoms with van der Waals surface area (Å²) in [5.74, 6) is 1.07. The second kappa shape index (κ2) is 12.3. The van der Waals surface area contributed by atoms with Crippen molar-refractivity contribution in [2.24, 2.45) is 0 Å². The van der Waals surface area contributed by atoms with Gasteiger partial charge in [0.25, 0.3) is 0 Å². The number of amides is 2. The normalized spacial score (nSPS) is 15.3. The van der Waals surface area contributed by atoms with Crippen molar-refractivity contribution in [1.82, 2.24) is 10.2 Å². The van der Waals surface area contributed by atoms with Crippen LogP contribution in [0, 0.1) is 0 Å². The molecule has 0 aromatic heterocycles. The van der Waals surface area contributed by atoms with Gasteiger partial charge in [0, 0.05) is 22.8 Å². The summed E-state index contributed by atoms with van der Waals surface area (Å²) in [6.45, 7) is 2.26. The van der Waals surface area contributed by atoms with E-state index in [2.05, 4.69) is 33.4 Å². The minimum absolute atomic E-state index is 0.00722. The second-order valence-electron chi connectivity index (χ2n) is 8.15. The van der Waals surface area contributed by atoms with Crippen LogP contribution >= 0.6 is 27.7 Å². The molecule has 2 aromatic rings. The quantitative estimate of drug-likeness (QED) is 0.488. The third-order valence-electron chi connectivity index (χ3n) is 5.70. The highest BCUT2D eigenvalue weighted by atomic mass is 79.9. The van der Waals surface area contributed by atoms with Gasteiger partial charge >= 0.3 is 0 Å². The Morgan fingerprint density at radius 2 is 1.77 bits per heavy atom. The number of carbonyl (C=O) groups excluding carboxylic acids is 2. The van der Waals surface area contributed by atoms with Gasteiger partial charge in [-0.05, 0) is 43.0 Å². The van der Waals surface area contributed by atoms with E-state index in [4.69, 9.17) is 0 Å². The average Bonchev–Trinajstić information content (AvgIpc) is 2.78. The number of benzene rings is 2. The minimum Gasteiger partial charge on any atom is -0.352 e. The molecule has 0 unspecified atom stereocenters. The number of hydrogen-bond donors (Lipinski definition) is 1. The van der Waals surface area contributed by atoms with Crippen LogP contribution in [0.3, 0.4) is 0 Å². The van der Waals surface area contributed by atoms with Gasteiger partial charge < -0.3 is 10.2 Å². The van der Waals surface area contributed by atoms with Gasteiger partial charge in [-0.15, -0.1) is 11.8 Å². The Balaban J connectivity index is 1.65. The Hall–Kier alpha value is -1.79. The van der Waals surface area contributed by atoms with E-state index in [0.717, 1.165) is 41.5 Å². The molecule has 1 aliphatic carbocycles. The van der Waals surface area contributed by atoms with Crippen molar-refractivity contribution in [2.45, 2.75) is 63.4 Å². The third kappa shape index (κ3) is 7.69. The topological polar surface area (TPSA) is 49.4 Å². The van der Waals surface area contributed by atoms with E-state index in [1.807, 2.05) is 49.4 Å². The van der Waals surface area contributed by atoms with Crippen molar-refractivity contribution in [2.75, 3.05) is 5.75 Å². The molecular weight excluding hydrogens is 472 g/mol. The molecule has 3 rings (SSSR count). The zero-order valence-corrected chi connectivity index (χ0v) is 20.5. The number of nitrogens with one attached hydrogen (secondary N) is 1. The third-order valence-corrected chi connectivity index (χ3v) is 7.18. The SMILES string of the molecule is C[C@@H](C(=O)NC1CCCCC1)N(Cc1cccc(Br)c1)C(=O)CSCc1ccccc1. The van der Waals surface area contributed by atoms with Gasteiger partial charge in [-0.1, -0.05) is 77.7 Å². The number of nitrogens with zero attached hydrogens (tertiary/aromatic N) is 1. The van der Waals surface area contributed by atoms with Gasteiger partial charge in [0.2, 0.25) is 11.8 Å². The van der Waals surface area contributed by atoms with E-state index in [1.165, 1.54) is 12.0 Å². The van der Waals surface area contributed by atoms with Gasteiger partial charge in [-0.2, -0.15) is 0 Å². The zero-order chi connectivity index (χ0) is 22.1. The van der Waals surface area contributed by atoms with E-state index in [0.29, 0.717) is 12.3 Å². The van der Waals surface area contributed by atoms with Crippen LogP contribution in [-0.2, 0) is 21.9 Å². The molecule has 6 heteroatoms. The molecule has 4 nitrogen and oxygen atoms in total. The van der Waals surface area contributed by atoms with Crippen molar-refractivity contribution in [1.29, 1.82) is 0 Å². The van der Waals surface area contributed by atoms with Crippen LogP contribution < -0.4 is 5.32 Å². The molecule has 1 fully saturated rings. The maximum absolute atomic E-state index is 13.2. The van der Waals surface area contributed by atoms with Gasteiger partial charge in [0.1, 0.15) is 6.04 Å². The van der Waals surface area contributed by atoms with Crippen LogP contribution in [0.4, 0.5) is 0 Å². The summed E-state index contributed by atoms with van der Waals surface area (Å²) in [6.07, 6.45) is 5.64. The fraction of sp³-hybridized carbons (Fsp3) is 0.440. The largest absolute Gasteiger partial charge is 0.352 e. The predicted octanol–water partition coefficient (Wildman–Crippen LogP) is 5.55. The van der Waals surface area contributed by atoms with Gasteiger partial charge in [-0.25, -0.2) is 0 Å². The Kier molecular flexibility index (Phi) is 9.47. The molecule has 0 aliphatic heterocycles. The highest BCUT2D eigenvalue weighted by Crippen LogP contribution is 2.20. The highest BCUT2D eigenvalue weighted by molar-refractivity contribution is 9.10. The molecule has 166 valence electrons. The highest BCUT2D eigenvalue weighted by Gasteiger charge is 2.28. The van der Waals surface area contributed by atoms with E-state index in [1.54, 1.807) is 16.7 Å². The molecule has 2 aromatic carbocycles. The first-order valence-electron chi connectivity index (χ1n) is 11.0. The summed E-state index contributed by atoms with van der Waals surface area (Å²) in [6, 6.07) is 17.8. The summed E-state index contributed by atoms with van der Waals surface area (Å²) in [4.78, 5) is 27.9. The van der Waals surface area contributed by atoms with Crippen molar-refractivity contribution in [3.05, 3.63) is 70.2 Å². The molecule has 2 amide bonds. The lowest BCUT2D eigenvalue weighted by Gasteiger charge is -2.31. The maximum atomic E-state index is 13.2. The van der Waals surface area contributed by atoms with Crippen LogP contribution in [0.15, 0.2) is 59.1 Å². The minimum atomic E-state index is -0.509. The van der Waals surface area contributed by atoms with E-state index in [9.17, 15) is 9.59 Å². The lowest BCUT2D eigenvalue weighted by molar-refractivity contribution is -0.139. The van der Waals surface area contributed by atoms with Crippen LogP contribution in [0.5, 0.6) is 0 Å². The smallest absolute Gasteiger partial charge is 0.242 e. The van der Waals surface area contributed by atoms with E-state index in [-0.39, 0.29) is 17.9 Å². The number of hydrogen-bond acceptors (Lipinski definition) is 3. The molecule has 0 spiro atoms. The predicted molar refractivity (Wildman–Crippen MR) is 132 cm³/mol. The number of carbonyl (C=O) groups is 2. The Morgan fingerprint density at radius 3 is 2.48 bits per heavy atom. The molecular formula is C25H31BrN2O2S. The monoisotopic (exact) mass is 502 g/mol. The lowest BCUT2D eigenvalue weighted by atomic mass is 9.95. The Bertz CT molecular complexity index is 856. The molecule has 1 aliphatic rings. The average molecular weight is 504 g/mol. The lowest BCUT2D eigenvalue weighted by Crippen LogP contribution is -2.50. The summed E-state index contributed by atoms with van der Waals surface area (Å²) in [7, 11) is 0.